The number of hydrogen-bond donors (Lipinski definition) is 2. The van der Waals surface area contributed by atoms with E-state index in [9.17, 15) is 23.2 Å². The van der Waals surface area contributed by atoms with Crippen LogP contribution in [0.25, 0.3) is 0 Å². The predicted molar refractivity (Wildman–Crippen MR) is 95.2 cm³/mol. The van der Waals surface area contributed by atoms with Crippen molar-refractivity contribution in [2.75, 3.05) is 13.7 Å². The average molecular weight is 396 g/mol. The third-order valence-electron chi connectivity index (χ3n) is 4.56. The number of benzene rings is 1. The van der Waals surface area contributed by atoms with E-state index in [1.165, 1.54) is 17.9 Å². The molecule has 1 aliphatic rings. The molecule has 0 fully saturated rings. The Morgan fingerprint density at radius 3 is 2.43 bits per heavy atom. The minimum absolute atomic E-state index is 0.0308. The van der Waals surface area contributed by atoms with Gasteiger partial charge in [-0.25, -0.2) is 18.4 Å². The maximum atomic E-state index is 14.3. The number of rotatable bonds is 8. The number of hydrogen-bond acceptors (Lipinski definition) is 4. The van der Waals surface area contributed by atoms with Gasteiger partial charge in [0.05, 0.1) is 24.3 Å². The van der Waals surface area contributed by atoms with Crippen LogP contribution in [-0.4, -0.2) is 41.6 Å². The molecule has 0 saturated carbocycles. The molecule has 0 aromatic heterocycles. The summed E-state index contributed by atoms with van der Waals surface area (Å²) >= 11 is 0. The van der Waals surface area contributed by atoms with Gasteiger partial charge in [0, 0.05) is 18.7 Å². The summed E-state index contributed by atoms with van der Waals surface area (Å²) < 4.78 is 33.3. The number of esters is 1. The highest BCUT2D eigenvalue weighted by Crippen LogP contribution is 2.34. The second-order valence-corrected chi connectivity index (χ2v) is 6.36. The normalized spacial score (nSPS) is 16.8. The number of urea groups is 1. The molecule has 1 atom stereocenters. The van der Waals surface area contributed by atoms with E-state index in [0.717, 1.165) is 19.2 Å². The molecule has 2 amide bonds. The summed E-state index contributed by atoms with van der Waals surface area (Å²) in [6, 6.07) is 1.37. The van der Waals surface area contributed by atoms with Gasteiger partial charge in [0.15, 0.2) is 0 Å². The van der Waals surface area contributed by atoms with Gasteiger partial charge in [-0.2, -0.15) is 0 Å². The van der Waals surface area contributed by atoms with Gasteiger partial charge in [0.2, 0.25) is 0 Å². The molecule has 152 valence electrons. The van der Waals surface area contributed by atoms with Crippen LogP contribution in [0.3, 0.4) is 0 Å². The molecule has 1 aromatic rings. The Morgan fingerprint density at radius 2 is 1.86 bits per heavy atom. The lowest BCUT2D eigenvalue weighted by Crippen LogP contribution is -2.48. The van der Waals surface area contributed by atoms with E-state index < -0.39 is 41.2 Å². The largest absolute Gasteiger partial charge is 0.481 e. The molecule has 28 heavy (non-hydrogen) atoms. The van der Waals surface area contributed by atoms with E-state index in [1.54, 1.807) is 0 Å². The van der Waals surface area contributed by atoms with E-state index in [4.69, 9.17) is 9.84 Å². The summed E-state index contributed by atoms with van der Waals surface area (Å²) in [6.07, 6.45) is 1.57. The van der Waals surface area contributed by atoms with Crippen LogP contribution in [0.2, 0.25) is 0 Å². The SMILES string of the molecule is COC(=O)C1=C(C)N(CCCCCC(=O)O)C(=O)N[C@@H]1c1c(F)cccc1F. The maximum absolute atomic E-state index is 14.3. The van der Waals surface area contributed by atoms with Gasteiger partial charge < -0.3 is 15.2 Å². The van der Waals surface area contributed by atoms with Gasteiger partial charge in [0.1, 0.15) is 11.6 Å². The molecule has 2 N–H and O–H groups in total. The summed E-state index contributed by atoms with van der Waals surface area (Å²) in [7, 11) is 1.14. The Bertz CT molecular complexity index is 789. The number of carbonyl (C=O) groups is 3. The van der Waals surface area contributed by atoms with Crippen molar-refractivity contribution in [2.24, 2.45) is 0 Å². The van der Waals surface area contributed by atoms with Gasteiger partial charge >= 0.3 is 18.0 Å². The third kappa shape index (κ3) is 4.65. The minimum atomic E-state index is -1.32. The van der Waals surface area contributed by atoms with Crippen LogP contribution in [0.15, 0.2) is 29.5 Å². The first-order valence-corrected chi connectivity index (χ1v) is 8.80. The van der Waals surface area contributed by atoms with Crippen molar-refractivity contribution in [3.63, 3.8) is 0 Å². The molecule has 2 rings (SSSR count). The monoisotopic (exact) mass is 396 g/mol. The van der Waals surface area contributed by atoms with E-state index in [1.807, 2.05) is 0 Å². The molecular weight excluding hydrogens is 374 g/mol. The van der Waals surface area contributed by atoms with Crippen molar-refractivity contribution in [3.8, 4) is 0 Å². The lowest BCUT2D eigenvalue weighted by Gasteiger charge is -2.35. The van der Waals surface area contributed by atoms with Crippen molar-refractivity contribution in [2.45, 2.75) is 38.6 Å². The first-order chi connectivity index (χ1) is 13.3. The molecule has 1 aromatic carbocycles. The molecule has 0 radical (unpaired) electrons. The molecule has 9 heteroatoms. The van der Waals surface area contributed by atoms with Crippen LogP contribution >= 0.6 is 0 Å². The van der Waals surface area contributed by atoms with Crippen LogP contribution < -0.4 is 5.32 Å². The van der Waals surface area contributed by atoms with E-state index in [2.05, 4.69) is 5.32 Å². The van der Waals surface area contributed by atoms with Gasteiger partial charge in [-0.15, -0.1) is 0 Å². The minimum Gasteiger partial charge on any atom is -0.481 e. The number of amides is 2. The number of carboxylic acid groups (broad SMARTS) is 1. The topological polar surface area (TPSA) is 95.9 Å². The van der Waals surface area contributed by atoms with Crippen LogP contribution in [0, 0.1) is 11.6 Å². The van der Waals surface area contributed by atoms with Crippen LogP contribution in [0.4, 0.5) is 13.6 Å². The number of unbranched alkanes of at least 4 members (excludes halogenated alkanes) is 2. The second-order valence-electron chi connectivity index (χ2n) is 6.36. The number of methoxy groups -OCH3 is 1. The van der Waals surface area contributed by atoms with Crippen LogP contribution in [0.1, 0.15) is 44.2 Å². The van der Waals surface area contributed by atoms with E-state index >= 15 is 0 Å². The average Bonchev–Trinajstić information content (AvgIpc) is 2.62. The number of carbonyl (C=O) groups excluding carboxylic acids is 2. The molecule has 0 aliphatic carbocycles. The highest BCUT2D eigenvalue weighted by molar-refractivity contribution is 5.95. The molecule has 1 heterocycles. The number of allylic oxidation sites excluding steroid dienone is 1. The molecular formula is C19H22F2N2O5. The Hall–Kier alpha value is -2.97. The highest BCUT2D eigenvalue weighted by Gasteiger charge is 2.38. The molecule has 1 aliphatic heterocycles. The molecule has 0 unspecified atom stereocenters. The molecule has 7 nitrogen and oxygen atoms in total. The standard InChI is InChI=1S/C19H22F2N2O5/c1-11-15(18(26)28-2)17(16-12(20)7-6-8-13(16)21)22-19(27)23(11)10-5-3-4-9-14(24)25/h6-8,17H,3-5,9-10H2,1-2H3,(H,22,27)(H,24,25)/t17-/m0/s1. The first kappa shape index (κ1) is 21.3. The zero-order valence-corrected chi connectivity index (χ0v) is 15.6. The van der Waals surface area contributed by atoms with Crippen molar-refractivity contribution in [1.82, 2.24) is 10.2 Å². The fraction of sp³-hybridized carbons (Fsp3) is 0.421. The zero-order chi connectivity index (χ0) is 20.8. The second kappa shape index (κ2) is 9.29. The van der Waals surface area contributed by atoms with Crippen molar-refractivity contribution in [3.05, 3.63) is 46.7 Å². The Balaban J connectivity index is 2.31. The van der Waals surface area contributed by atoms with Gasteiger partial charge in [-0.05, 0) is 31.9 Å². The summed E-state index contributed by atoms with van der Waals surface area (Å²) in [5, 5.41) is 11.1. The maximum Gasteiger partial charge on any atom is 0.337 e. The highest BCUT2D eigenvalue weighted by atomic mass is 19.1. The fourth-order valence-electron chi connectivity index (χ4n) is 3.15. The lowest BCUT2D eigenvalue weighted by atomic mass is 9.94. The quantitative estimate of drug-likeness (QED) is 0.520. The fourth-order valence-corrected chi connectivity index (χ4v) is 3.15. The summed E-state index contributed by atoms with van der Waals surface area (Å²) in [6.45, 7) is 1.73. The van der Waals surface area contributed by atoms with E-state index in [0.29, 0.717) is 19.3 Å². The van der Waals surface area contributed by atoms with Crippen molar-refractivity contribution in [1.29, 1.82) is 0 Å². The van der Waals surface area contributed by atoms with Gasteiger partial charge in [-0.3, -0.25) is 9.69 Å². The Kier molecular flexibility index (Phi) is 7.08. The number of aliphatic carboxylic acids is 1. The van der Waals surface area contributed by atoms with Crippen molar-refractivity contribution < 1.29 is 33.0 Å². The smallest absolute Gasteiger partial charge is 0.337 e. The summed E-state index contributed by atoms with van der Waals surface area (Å²) in [4.78, 5) is 36.7. The first-order valence-electron chi connectivity index (χ1n) is 8.80. The van der Waals surface area contributed by atoms with Crippen LogP contribution in [0.5, 0.6) is 0 Å². The lowest BCUT2D eigenvalue weighted by molar-refractivity contribution is -0.138. The molecule has 0 bridgehead atoms. The van der Waals surface area contributed by atoms with Gasteiger partial charge in [0.25, 0.3) is 0 Å². The number of nitrogens with zero attached hydrogens (tertiary/aromatic N) is 1. The number of nitrogens with one attached hydrogen (secondary N) is 1. The van der Waals surface area contributed by atoms with Gasteiger partial charge in [-0.1, -0.05) is 12.5 Å². The predicted octanol–water partition coefficient (Wildman–Crippen LogP) is 3.12. The van der Waals surface area contributed by atoms with Crippen molar-refractivity contribution >= 4 is 18.0 Å². The number of halogens is 2. The number of carboxylic acids is 1. The Morgan fingerprint density at radius 1 is 1.21 bits per heavy atom. The van der Waals surface area contributed by atoms with E-state index in [-0.39, 0.29) is 24.2 Å². The Labute approximate surface area is 161 Å². The summed E-state index contributed by atoms with van der Waals surface area (Å²) in [5.41, 5.74) is -0.255. The molecule has 0 saturated heterocycles. The third-order valence-corrected chi connectivity index (χ3v) is 4.56. The summed E-state index contributed by atoms with van der Waals surface area (Å²) in [5.74, 6) is -3.47. The van der Waals surface area contributed by atoms with Crippen LogP contribution in [-0.2, 0) is 14.3 Å². The zero-order valence-electron chi connectivity index (χ0n) is 15.6. The molecule has 0 spiro atoms. The number of ether oxygens (including phenoxy) is 1.